The van der Waals surface area contributed by atoms with Crippen molar-refractivity contribution in [3.63, 3.8) is 0 Å². The van der Waals surface area contributed by atoms with Crippen LogP contribution in [0.3, 0.4) is 0 Å². The Balaban J connectivity index is 2.04. The fourth-order valence-corrected chi connectivity index (χ4v) is 2.84. The molecule has 3 heteroatoms. The molecule has 17 heavy (non-hydrogen) atoms. The zero-order valence-corrected chi connectivity index (χ0v) is 10.6. The molecular weight excluding hydrogens is 212 g/mol. The highest BCUT2D eigenvalue weighted by Gasteiger charge is 2.40. The first-order chi connectivity index (χ1) is 8.27. The molecule has 1 aromatic heterocycles. The molecule has 1 heterocycles. The summed E-state index contributed by atoms with van der Waals surface area (Å²) in [5.74, 6) is 0. The Labute approximate surface area is 103 Å². The molecule has 1 aliphatic rings. The van der Waals surface area contributed by atoms with Gasteiger partial charge in [0.1, 0.15) is 0 Å². The van der Waals surface area contributed by atoms with Crippen molar-refractivity contribution in [2.45, 2.75) is 50.7 Å². The standard InChI is InChI=1S/C14H22N2O/c1-2-17-14(7-3-4-8-14)13(15)10-12-6-5-9-16-11-12/h5-6,9,11,13H,2-4,7-8,10,15H2,1H3. The SMILES string of the molecule is CCOC1(C(N)Cc2cccnc2)CCCC1. The number of rotatable bonds is 5. The van der Waals surface area contributed by atoms with E-state index in [9.17, 15) is 0 Å². The summed E-state index contributed by atoms with van der Waals surface area (Å²) in [6.45, 7) is 2.80. The molecule has 0 amide bonds. The number of pyridine rings is 1. The van der Waals surface area contributed by atoms with Crippen LogP contribution in [0.1, 0.15) is 38.2 Å². The Morgan fingerprint density at radius 2 is 2.24 bits per heavy atom. The highest BCUT2D eigenvalue weighted by atomic mass is 16.5. The van der Waals surface area contributed by atoms with Crippen molar-refractivity contribution >= 4 is 0 Å². The average Bonchev–Trinajstić information content (AvgIpc) is 2.81. The molecule has 0 radical (unpaired) electrons. The first-order valence-corrected chi connectivity index (χ1v) is 6.55. The second-order valence-corrected chi connectivity index (χ2v) is 4.88. The Hall–Kier alpha value is -0.930. The Kier molecular flexibility index (Phi) is 4.13. The van der Waals surface area contributed by atoms with E-state index in [1.165, 1.54) is 18.4 Å². The molecule has 1 aromatic rings. The summed E-state index contributed by atoms with van der Waals surface area (Å²) in [6.07, 6.45) is 9.22. The Bertz CT molecular complexity index is 333. The van der Waals surface area contributed by atoms with Gasteiger partial charge in [-0.05, 0) is 37.8 Å². The largest absolute Gasteiger partial charge is 0.374 e. The van der Waals surface area contributed by atoms with Crippen molar-refractivity contribution in [3.05, 3.63) is 30.1 Å². The molecule has 1 unspecified atom stereocenters. The molecule has 1 atom stereocenters. The third-order valence-corrected chi connectivity index (χ3v) is 3.74. The lowest BCUT2D eigenvalue weighted by molar-refractivity contribution is -0.0525. The molecule has 3 nitrogen and oxygen atoms in total. The van der Waals surface area contributed by atoms with E-state index in [-0.39, 0.29) is 11.6 Å². The van der Waals surface area contributed by atoms with Crippen LogP contribution in [0.25, 0.3) is 0 Å². The molecule has 94 valence electrons. The van der Waals surface area contributed by atoms with E-state index < -0.39 is 0 Å². The van der Waals surface area contributed by atoms with Crippen molar-refractivity contribution < 1.29 is 4.74 Å². The summed E-state index contributed by atoms with van der Waals surface area (Å²) in [5.41, 5.74) is 7.49. The number of hydrogen-bond acceptors (Lipinski definition) is 3. The third kappa shape index (κ3) is 2.85. The Morgan fingerprint density at radius 1 is 1.47 bits per heavy atom. The van der Waals surface area contributed by atoms with Gasteiger partial charge in [-0.2, -0.15) is 0 Å². The van der Waals surface area contributed by atoms with Crippen LogP contribution in [0.4, 0.5) is 0 Å². The van der Waals surface area contributed by atoms with E-state index in [4.69, 9.17) is 10.5 Å². The van der Waals surface area contributed by atoms with Crippen molar-refractivity contribution in [1.29, 1.82) is 0 Å². The van der Waals surface area contributed by atoms with Crippen LogP contribution >= 0.6 is 0 Å². The zero-order valence-electron chi connectivity index (χ0n) is 10.6. The van der Waals surface area contributed by atoms with Crippen molar-refractivity contribution in [1.82, 2.24) is 4.98 Å². The van der Waals surface area contributed by atoms with Crippen molar-refractivity contribution in [2.24, 2.45) is 5.73 Å². The number of nitrogens with two attached hydrogens (primary N) is 1. The molecule has 1 aliphatic carbocycles. The quantitative estimate of drug-likeness (QED) is 0.850. The summed E-state index contributed by atoms with van der Waals surface area (Å²) in [7, 11) is 0. The minimum absolute atomic E-state index is 0.0779. The molecule has 1 fully saturated rings. The molecule has 0 aromatic carbocycles. The maximum absolute atomic E-state index is 6.38. The van der Waals surface area contributed by atoms with Gasteiger partial charge in [-0.1, -0.05) is 18.9 Å². The first-order valence-electron chi connectivity index (χ1n) is 6.55. The first kappa shape index (κ1) is 12.5. The minimum Gasteiger partial charge on any atom is -0.374 e. The number of aromatic nitrogens is 1. The van der Waals surface area contributed by atoms with Gasteiger partial charge in [0.15, 0.2) is 0 Å². The van der Waals surface area contributed by atoms with E-state index >= 15 is 0 Å². The third-order valence-electron chi connectivity index (χ3n) is 3.74. The predicted octanol–water partition coefficient (Wildman–Crippen LogP) is 2.30. The maximum Gasteiger partial charge on any atom is 0.0835 e. The van der Waals surface area contributed by atoms with Gasteiger partial charge < -0.3 is 10.5 Å². The van der Waals surface area contributed by atoms with Crippen LogP contribution in [-0.2, 0) is 11.2 Å². The van der Waals surface area contributed by atoms with Gasteiger partial charge in [0.2, 0.25) is 0 Å². The maximum atomic E-state index is 6.38. The highest BCUT2D eigenvalue weighted by Crippen LogP contribution is 2.36. The molecule has 1 saturated carbocycles. The highest BCUT2D eigenvalue weighted by molar-refractivity contribution is 5.12. The van der Waals surface area contributed by atoms with Crippen LogP contribution in [0.2, 0.25) is 0 Å². The van der Waals surface area contributed by atoms with E-state index in [2.05, 4.69) is 18.0 Å². The summed E-state index contributed by atoms with van der Waals surface area (Å²) in [4.78, 5) is 4.14. The van der Waals surface area contributed by atoms with Crippen LogP contribution < -0.4 is 5.73 Å². The van der Waals surface area contributed by atoms with Crippen LogP contribution in [0, 0.1) is 0 Å². The number of ether oxygens (including phenoxy) is 1. The topological polar surface area (TPSA) is 48.1 Å². The molecule has 2 rings (SSSR count). The lowest BCUT2D eigenvalue weighted by atomic mass is 9.88. The van der Waals surface area contributed by atoms with Crippen molar-refractivity contribution in [2.75, 3.05) is 6.61 Å². The average molecular weight is 234 g/mol. The van der Waals surface area contributed by atoms with Crippen molar-refractivity contribution in [3.8, 4) is 0 Å². The molecule has 0 spiro atoms. The normalized spacial score (nSPS) is 20.4. The monoisotopic (exact) mass is 234 g/mol. The summed E-state index contributed by atoms with van der Waals surface area (Å²) in [5, 5.41) is 0. The predicted molar refractivity (Wildman–Crippen MR) is 68.7 cm³/mol. The van der Waals surface area contributed by atoms with Crippen LogP contribution in [0.5, 0.6) is 0 Å². The van der Waals surface area contributed by atoms with Crippen LogP contribution in [0.15, 0.2) is 24.5 Å². The molecule has 0 saturated heterocycles. The second-order valence-electron chi connectivity index (χ2n) is 4.88. The van der Waals surface area contributed by atoms with E-state index in [1.54, 1.807) is 6.20 Å². The fraction of sp³-hybridized carbons (Fsp3) is 0.643. The van der Waals surface area contributed by atoms with Gasteiger partial charge in [0.25, 0.3) is 0 Å². The minimum atomic E-state index is -0.0927. The molecule has 0 aliphatic heterocycles. The van der Waals surface area contributed by atoms with Gasteiger partial charge in [0, 0.05) is 25.0 Å². The van der Waals surface area contributed by atoms with Gasteiger partial charge in [-0.3, -0.25) is 4.98 Å². The van der Waals surface area contributed by atoms with Gasteiger partial charge in [-0.15, -0.1) is 0 Å². The van der Waals surface area contributed by atoms with E-state index in [0.29, 0.717) is 0 Å². The van der Waals surface area contributed by atoms with Gasteiger partial charge in [-0.25, -0.2) is 0 Å². The molecule has 2 N–H and O–H groups in total. The molecule has 0 bridgehead atoms. The lowest BCUT2D eigenvalue weighted by Crippen LogP contribution is -2.49. The number of hydrogen-bond donors (Lipinski definition) is 1. The second kappa shape index (κ2) is 5.61. The zero-order chi connectivity index (χ0) is 12.1. The smallest absolute Gasteiger partial charge is 0.0835 e. The fourth-order valence-electron chi connectivity index (χ4n) is 2.84. The van der Waals surface area contributed by atoms with E-state index in [0.717, 1.165) is 25.9 Å². The number of nitrogens with zero attached hydrogens (tertiary/aromatic N) is 1. The summed E-state index contributed by atoms with van der Waals surface area (Å²) in [6, 6.07) is 4.13. The summed E-state index contributed by atoms with van der Waals surface area (Å²) >= 11 is 0. The molecular formula is C14H22N2O. The van der Waals surface area contributed by atoms with Gasteiger partial charge >= 0.3 is 0 Å². The van der Waals surface area contributed by atoms with Crippen LogP contribution in [-0.4, -0.2) is 23.2 Å². The Morgan fingerprint density at radius 3 is 2.82 bits per heavy atom. The van der Waals surface area contributed by atoms with Gasteiger partial charge in [0.05, 0.1) is 5.60 Å². The summed E-state index contributed by atoms with van der Waals surface area (Å²) < 4.78 is 5.98. The van der Waals surface area contributed by atoms with E-state index in [1.807, 2.05) is 12.3 Å². The lowest BCUT2D eigenvalue weighted by Gasteiger charge is -2.35.